The summed E-state index contributed by atoms with van der Waals surface area (Å²) in [6, 6.07) is 9.81. The fourth-order valence-corrected chi connectivity index (χ4v) is 2.40. The minimum Gasteiger partial charge on any atom is -0.329 e. The number of imidazole rings is 1. The van der Waals surface area contributed by atoms with Gasteiger partial charge in [0.05, 0.1) is 0 Å². The van der Waals surface area contributed by atoms with Gasteiger partial charge in [-0.1, -0.05) is 44.2 Å². The van der Waals surface area contributed by atoms with E-state index < -0.39 is 10.0 Å². The molecule has 6 heteroatoms. The molecule has 0 aliphatic carbocycles. The molecule has 5 nitrogen and oxygen atoms in total. The maximum absolute atomic E-state index is 11.4. The van der Waals surface area contributed by atoms with Crippen molar-refractivity contribution in [2.24, 2.45) is 5.14 Å². The first-order valence-corrected chi connectivity index (χ1v) is 7.56. The van der Waals surface area contributed by atoms with E-state index in [0.29, 0.717) is 12.4 Å². The molecule has 0 aliphatic rings. The highest BCUT2D eigenvalue weighted by Crippen LogP contribution is 2.18. The van der Waals surface area contributed by atoms with Gasteiger partial charge in [-0.25, -0.2) is 18.5 Å². The smallest absolute Gasteiger partial charge is 0.257 e. The van der Waals surface area contributed by atoms with Crippen LogP contribution >= 0.6 is 0 Å². The fourth-order valence-electron chi connectivity index (χ4n) is 1.91. The molecule has 19 heavy (non-hydrogen) atoms. The van der Waals surface area contributed by atoms with E-state index in [9.17, 15) is 8.42 Å². The van der Waals surface area contributed by atoms with Crippen molar-refractivity contribution in [1.82, 2.24) is 9.55 Å². The lowest BCUT2D eigenvalue weighted by Crippen LogP contribution is -2.12. The molecule has 0 unspecified atom stereocenters. The van der Waals surface area contributed by atoms with E-state index in [1.807, 2.05) is 48.7 Å². The molecule has 1 aromatic carbocycles. The molecule has 1 aromatic heterocycles. The van der Waals surface area contributed by atoms with Crippen molar-refractivity contribution in [1.29, 1.82) is 0 Å². The van der Waals surface area contributed by atoms with Crippen LogP contribution in [0.3, 0.4) is 0 Å². The predicted octanol–water partition coefficient (Wildman–Crippen LogP) is 1.70. The summed E-state index contributed by atoms with van der Waals surface area (Å²) in [7, 11) is -3.76. The third kappa shape index (κ3) is 3.21. The third-order valence-electron chi connectivity index (χ3n) is 2.79. The van der Waals surface area contributed by atoms with Gasteiger partial charge < -0.3 is 4.57 Å². The zero-order valence-corrected chi connectivity index (χ0v) is 11.8. The Bertz CT molecular complexity index is 660. The standard InChI is InChI=1S/C13H17N3O2S/c1-10(2)13-15-12(19(14,17)18)9-16(13)8-11-6-4-3-5-7-11/h3-7,9-10H,8H2,1-2H3,(H2,14,17,18). The summed E-state index contributed by atoms with van der Waals surface area (Å²) in [4.78, 5) is 4.13. The summed E-state index contributed by atoms with van der Waals surface area (Å²) in [5.74, 6) is 0.840. The first-order valence-electron chi connectivity index (χ1n) is 6.01. The number of hydrogen-bond donors (Lipinski definition) is 1. The average Bonchev–Trinajstić information content (AvgIpc) is 2.74. The highest BCUT2D eigenvalue weighted by Gasteiger charge is 2.18. The number of sulfonamides is 1. The minimum absolute atomic E-state index is 0.0767. The lowest BCUT2D eigenvalue weighted by molar-refractivity contribution is 0.594. The molecular weight excluding hydrogens is 262 g/mol. The van der Waals surface area contributed by atoms with Crippen LogP contribution in [0.5, 0.6) is 0 Å². The van der Waals surface area contributed by atoms with E-state index >= 15 is 0 Å². The van der Waals surface area contributed by atoms with E-state index in [1.54, 1.807) is 0 Å². The van der Waals surface area contributed by atoms with E-state index in [-0.39, 0.29) is 10.9 Å². The monoisotopic (exact) mass is 279 g/mol. The SMILES string of the molecule is CC(C)c1nc(S(N)(=O)=O)cn1Cc1ccccc1. The number of nitrogens with zero attached hydrogens (tertiary/aromatic N) is 2. The molecule has 0 radical (unpaired) electrons. The van der Waals surface area contributed by atoms with Crippen molar-refractivity contribution >= 4 is 10.0 Å². The van der Waals surface area contributed by atoms with Gasteiger partial charge in [-0.05, 0) is 5.56 Å². The maximum Gasteiger partial charge on any atom is 0.257 e. The Morgan fingerprint density at radius 1 is 1.26 bits per heavy atom. The average molecular weight is 279 g/mol. The molecule has 102 valence electrons. The molecule has 0 atom stereocenters. The second-order valence-corrected chi connectivity index (χ2v) is 6.26. The molecule has 1 heterocycles. The van der Waals surface area contributed by atoms with E-state index in [4.69, 9.17) is 5.14 Å². The Hall–Kier alpha value is -1.66. The van der Waals surface area contributed by atoms with Crippen LogP contribution < -0.4 is 5.14 Å². The lowest BCUT2D eigenvalue weighted by atomic mass is 10.2. The topological polar surface area (TPSA) is 78.0 Å². The van der Waals surface area contributed by atoms with Gasteiger partial charge in [0.15, 0.2) is 5.03 Å². The first-order chi connectivity index (χ1) is 8.88. The van der Waals surface area contributed by atoms with Crippen LogP contribution in [0.4, 0.5) is 0 Å². The highest BCUT2D eigenvalue weighted by molar-refractivity contribution is 7.89. The summed E-state index contributed by atoms with van der Waals surface area (Å²) in [5.41, 5.74) is 1.09. The van der Waals surface area contributed by atoms with Crippen LogP contribution in [0.2, 0.25) is 0 Å². The van der Waals surface area contributed by atoms with Crippen LogP contribution in [-0.2, 0) is 16.6 Å². The first kappa shape index (κ1) is 13.8. The molecule has 2 aromatic rings. The predicted molar refractivity (Wildman–Crippen MR) is 73.2 cm³/mol. The van der Waals surface area contributed by atoms with Crippen LogP contribution in [0, 0.1) is 0 Å². The van der Waals surface area contributed by atoms with Crippen molar-refractivity contribution in [3.63, 3.8) is 0 Å². The third-order valence-corrected chi connectivity index (χ3v) is 3.57. The van der Waals surface area contributed by atoms with Crippen LogP contribution in [-0.4, -0.2) is 18.0 Å². The Labute approximate surface area is 113 Å². The Kier molecular flexibility index (Phi) is 3.73. The van der Waals surface area contributed by atoms with Crippen molar-refractivity contribution < 1.29 is 8.42 Å². The van der Waals surface area contributed by atoms with Gasteiger partial charge in [-0.3, -0.25) is 0 Å². The molecule has 0 saturated heterocycles. The quantitative estimate of drug-likeness (QED) is 0.925. The summed E-state index contributed by atoms with van der Waals surface area (Å²) in [5, 5.41) is 5.05. The summed E-state index contributed by atoms with van der Waals surface area (Å²) >= 11 is 0. The van der Waals surface area contributed by atoms with Crippen molar-refractivity contribution in [3.05, 3.63) is 47.9 Å². The van der Waals surface area contributed by atoms with Gasteiger partial charge in [0.1, 0.15) is 5.82 Å². The second-order valence-electron chi connectivity index (χ2n) is 4.75. The fraction of sp³-hybridized carbons (Fsp3) is 0.308. The van der Waals surface area contributed by atoms with E-state index in [2.05, 4.69) is 4.98 Å². The van der Waals surface area contributed by atoms with Crippen molar-refractivity contribution in [2.45, 2.75) is 31.3 Å². The molecule has 0 bridgehead atoms. The number of benzene rings is 1. The molecule has 2 rings (SSSR count). The van der Waals surface area contributed by atoms with Crippen molar-refractivity contribution in [3.8, 4) is 0 Å². The number of primary sulfonamides is 1. The highest BCUT2D eigenvalue weighted by atomic mass is 32.2. The number of aromatic nitrogens is 2. The minimum atomic E-state index is -3.76. The van der Waals surface area contributed by atoms with Crippen LogP contribution in [0.1, 0.15) is 31.2 Å². The normalized spacial score (nSPS) is 12.0. The molecule has 0 amide bonds. The second kappa shape index (κ2) is 5.14. The van der Waals surface area contributed by atoms with Gasteiger partial charge >= 0.3 is 0 Å². The van der Waals surface area contributed by atoms with Gasteiger partial charge in [0.25, 0.3) is 10.0 Å². The molecule has 0 spiro atoms. The Balaban J connectivity index is 2.42. The molecule has 2 N–H and O–H groups in total. The Morgan fingerprint density at radius 3 is 2.42 bits per heavy atom. The zero-order chi connectivity index (χ0) is 14.0. The van der Waals surface area contributed by atoms with Crippen LogP contribution in [0.25, 0.3) is 0 Å². The van der Waals surface area contributed by atoms with Gasteiger partial charge in [-0.15, -0.1) is 0 Å². The lowest BCUT2D eigenvalue weighted by Gasteiger charge is -2.09. The summed E-state index contributed by atoms with van der Waals surface area (Å²) < 4.78 is 24.6. The molecular formula is C13H17N3O2S. The van der Waals surface area contributed by atoms with E-state index in [0.717, 1.165) is 5.56 Å². The Morgan fingerprint density at radius 2 is 1.89 bits per heavy atom. The summed E-state index contributed by atoms with van der Waals surface area (Å²) in [6.07, 6.45) is 1.50. The van der Waals surface area contributed by atoms with Gasteiger partial charge in [0, 0.05) is 18.7 Å². The van der Waals surface area contributed by atoms with Crippen LogP contribution in [0.15, 0.2) is 41.6 Å². The van der Waals surface area contributed by atoms with Gasteiger partial charge in [0.2, 0.25) is 0 Å². The largest absolute Gasteiger partial charge is 0.329 e. The summed E-state index contributed by atoms with van der Waals surface area (Å²) in [6.45, 7) is 4.52. The number of nitrogens with two attached hydrogens (primary N) is 1. The zero-order valence-electron chi connectivity index (χ0n) is 10.9. The molecule has 0 aliphatic heterocycles. The molecule has 0 saturated carbocycles. The van der Waals surface area contributed by atoms with E-state index in [1.165, 1.54) is 6.20 Å². The number of rotatable bonds is 4. The number of hydrogen-bond acceptors (Lipinski definition) is 3. The van der Waals surface area contributed by atoms with Crippen molar-refractivity contribution in [2.75, 3.05) is 0 Å². The van der Waals surface area contributed by atoms with Gasteiger partial charge in [-0.2, -0.15) is 0 Å². The maximum atomic E-state index is 11.4. The molecule has 0 fully saturated rings.